The van der Waals surface area contributed by atoms with Crippen molar-refractivity contribution in [1.29, 1.82) is 0 Å². The van der Waals surface area contributed by atoms with Crippen molar-refractivity contribution < 1.29 is 38.6 Å². The van der Waals surface area contributed by atoms with E-state index in [1.165, 1.54) is 0 Å². The predicted molar refractivity (Wildman–Crippen MR) is 71.9 cm³/mol. The van der Waals surface area contributed by atoms with Crippen molar-refractivity contribution in [2.75, 3.05) is 13.7 Å². The van der Waals surface area contributed by atoms with E-state index < -0.39 is 30.2 Å². The van der Waals surface area contributed by atoms with E-state index >= 15 is 0 Å². The van der Waals surface area contributed by atoms with Gasteiger partial charge in [0.2, 0.25) is 6.17 Å². The molecule has 0 saturated carbocycles. The molecule has 23 heavy (non-hydrogen) atoms. The Bertz CT molecular complexity index is 507. The van der Waals surface area contributed by atoms with Gasteiger partial charge in [-0.1, -0.05) is 4.91 Å². The average Bonchev–Trinajstić information content (AvgIpc) is 2.56. The van der Waals surface area contributed by atoms with Crippen LogP contribution in [0.15, 0.2) is 0 Å². The topological polar surface area (TPSA) is 142 Å². The van der Waals surface area contributed by atoms with E-state index in [2.05, 4.69) is 9.57 Å². The molecule has 1 aliphatic heterocycles. The molecular formula is C12H18N3O8+. The van der Waals surface area contributed by atoms with Crippen LogP contribution in [-0.4, -0.2) is 58.6 Å². The van der Waals surface area contributed by atoms with Gasteiger partial charge < -0.3 is 9.84 Å². The molecule has 1 fully saturated rings. The molecule has 1 rings (SSSR count). The van der Waals surface area contributed by atoms with Crippen LogP contribution < -0.4 is 5.48 Å². The van der Waals surface area contributed by atoms with Gasteiger partial charge in [0.25, 0.3) is 0 Å². The van der Waals surface area contributed by atoms with E-state index in [9.17, 15) is 24.1 Å². The van der Waals surface area contributed by atoms with E-state index in [1.807, 2.05) is 0 Å². The molecule has 1 saturated heterocycles. The number of carbonyl (C=O) groups is 4. The molecule has 11 nitrogen and oxygen atoms in total. The number of ether oxygens (including phenoxy) is 1. The van der Waals surface area contributed by atoms with Gasteiger partial charge in [-0.3, -0.25) is 14.5 Å². The number of hydrogen-bond donors (Lipinski definition) is 2. The van der Waals surface area contributed by atoms with E-state index in [-0.39, 0.29) is 30.6 Å². The molecule has 0 aromatic rings. The third-order valence-electron chi connectivity index (χ3n) is 3.20. The lowest BCUT2D eigenvalue weighted by atomic mass is 10.1. The lowest BCUT2D eigenvalue weighted by Gasteiger charge is -2.28. The van der Waals surface area contributed by atoms with Crippen LogP contribution in [0.4, 0.5) is 9.59 Å². The summed E-state index contributed by atoms with van der Waals surface area (Å²) >= 11 is 0. The third kappa shape index (κ3) is 5.52. The number of urea groups is 1. The molecule has 3 amide bonds. The van der Waals surface area contributed by atoms with Crippen LogP contribution in [0, 0.1) is 4.91 Å². The minimum absolute atomic E-state index is 0.0825. The van der Waals surface area contributed by atoms with Crippen LogP contribution >= 0.6 is 0 Å². The number of carbonyl (C=O) groups excluding carboxylic acids is 3. The zero-order valence-corrected chi connectivity index (χ0v) is 12.5. The normalized spacial score (nSPS) is 17.1. The number of piperidine rings is 1. The second-order valence-corrected chi connectivity index (χ2v) is 4.74. The molecule has 128 valence electrons. The Labute approximate surface area is 131 Å². The van der Waals surface area contributed by atoms with E-state index in [4.69, 9.17) is 5.11 Å². The molecular weight excluding hydrogens is 314 g/mol. The van der Waals surface area contributed by atoms with Crippen LogP contribution in [0.5, 0.6) is 0 Å². The van der Waals surface area contributed by atoms with E-state index in [0.29, 0.717) is 12.8 Å². The van der Waals surface area contributed by atoms with Crippen LogP contribution in [0.1, 0.15) is 32.1 Å². The first-order valence-corrected chi connectivity index (χ1v) is 6.89. The number of likely N-dealkylation sites (tertiary alicyclic amines) is 1. The van der Waals surface area contributed by atoms with E-state index in [0.717, 1.165) is 12.0 Å². The van der Waals surface area contributed by atoms with Crippen LogP contribution in [0.2, 0.25) is 0 Å². The summed E-state index contributed by atoms with van der Waals surface area (Å²) in [4.78, 5) is 61.8. The molecule has 1 aliphatic rings. The lowest BCUT2D eigenvalue weighted by Crippen LogP contribution is -2.52. The average molecular weight is 332 g/mol. The summed E-state index contributed by atoms with van der Waals surface area (Å²) in [7, 11) is 1.16. The Morgan fingerprint density at radius 2 is 1.87 bits per heavy atom. The Kier molecular flexibility index (Phi) is 6.90. The maximum absolute atomic E-state index is 11.9. The van der Waals surface area contributed by atoms with Gasteiger partial charge in [-0.15, -0.1) is 0 Å². The standard InChI is InChI=1S/C12H17N3O8/c1-22-9(16)5-6-10(17)23-13-11(18)15(21)8-4-2-3-7-14(8)12(19)20/h8H,2-7H2,1H3,(H-,13,18,19,20)/p+1. The Balaban J connectivity index is 2.47. The van der Waals surface area contributed by atoms with Gasteiger partial charge in [0.15, 0.2) is 0 Å². The highest BCUT2D eigenvalue weighted by molar-refractivity contribution is 5.78. The minimum Gasteiger partial charge on any atom is -0.469 e. The Morgan fingerprint density at radius 1 is 1.22 bits per heavy atom. The number of methoxy groups -OCH3 is 1. The van der Waals surface area contributed by atoms with Crippen LogP contribution in [0.3, 0.4) is 0 Å². The zero-order valence-electron chi connectivity index (χ0n) is 12.5. The van der Waals surface area contributed by atoms with Crippen molar-refractivity contribution in [2.24, 2.45) is 0 Å². The third-order valence-corrected chi connectivity index (χ3v) is 3.20. The molecule has 1 unspecified atom stereocenters. The number of rotatable bonds is 4. The van der Waals surface area contributed by atoms with Gasteiger partial charge in [0.1, 0.15) is 0 Å². The first kappa shape index (κ1) is 18.3. The largest absolute Gasteiger partial charge is 0.571 e. The number of nitrogens with zero attached hydrogens (tertiary/aromatic N) is 2. The highest BCUT2D eigenvalue weighted by Gasteiger charge is 2.39. The first-order valence-electron chi connectivity index (χ1n) is 6.89. The first-order chi connectivity index (χ1) is 10.9. The van der Waals surface area contributed by atoms with Crippen molar-refractivity contribution in [3.05, 3.63) is 4.91 Å². The highest BCUT2D eigenvalue weighted by Crippen LogP contribution is 2.17. The fraction of sp³-hybridized carbons (Fsp3) is 0.667. The second kappa shape index (κ2) is 8.66. The van der Waals surface area contributed by atoms with Crippen molar-refractivity contribution in [3.8, 4) is 0 Å². The summed E-state index contributed by atoms with van der Waals surface area (Å²) in [6, 6.07) is -1.30. The summed E-state index contributed by atoms with van der Waals surface area (Å²) in [5, 5.41) is 9.00. The van der Waals surface area contributed by atoms with Gasteiger partial charge in [-0.2, -0.15) is 4.79 Å². The van der Waals surface area contributed by atoms with Gasteiger partial charge in [0, 0.05) is 17.7 Å². The maximum Gasteiger partial charge on any atom is 0.571 e. The molecule has 0 aromatic carbocycles. The Morgan fingerprint density at radius 3 is 2.48 bits per heavy atom. The molecule has 2 N–H and O–H groups in total. The number of carboxylic acid groups (broad SMARTS) is 1. The van der Waals surface area contributed by atoms with Gasteiger partial charge in [-0.05, 0) is 18.3 Å². The number of hydroxylamine groups is 1. The zero-order chi connectivity index (χ0) is 17.4. The van der Waals surface area contributed by atoms with Crippen LogP contribution in [-0.2, 0) is 19.2 Å². The van der Waals surface area contributed by atoms with Gasteiger partial charge >= 0.3 is 24.1 Å². The number of nitroso groups, excluding NO2 is 1. The molecule has 1 atom stereocenters. The summed E-state index contributed by atoms with van der Waals surface area (Å²) in [5.41, 5.74) is 1.63. The summed E-state index contributed by atoms with van der Waals surface area (Å²) in [6.07, 6.45) is -1.66. The molecule has 0 aliphatic carbocycles. The molecule has 0 aromatic heterocycles. The monoisotopic (exact) mass is 332 g/mol. The molecule has 0 bridgehead atoms. The maximum atomic E-state index is 11.9. The summed E-state index contributed by atoms with van der Waals surface area (Å²) < 4.78 is 4.24. The minimum atomic E-state index is -1.31. The number of nitrogens with one attached hydrogen (secondary N) is 1. The van der Waals surface area contributed by atoms with Crippen LogP contribution in [0.25, 0.3) is 0 Å². The fourth-order valence-electron chi connectivity index (χ4n) is 2.02. The van der Waals surface area contributed by atoms with E-state index in [1.54, 1.807) is 5.48 Å². The SMILES string of the molecule is COC(=O)CCC(=O)ONC(=O)[N+](=O)C1CCCCN1C(=O)O. The smallest absolute Gasteiger partial charge is 0.469 e. The lowest BCUT2D eigenvalue weighted by molar-refractivity contribution is -0.525. The van der Waals surface area contributed by atoms with Crippen molar-refractivity contribution in [3.63, 3.8) is 0 Å². The number of amides is 3. The van der Waals surface area contributed by atoms with Gasteiger partial charge in [-0.25, -0.2) is 9.59 Å². The number of esters is 1. The van der Waals surface area contributed by atoms with Crippen molar-refractivity contribution in [1.82, 2.24) is 10.4 Å². The second-order valence-electron chi connectivity index (χ2n) is 4.74. The van der Waals surface area contributed by atoms with Crippen molar-refractivity contribution in [2.45, 2.75) is 38.3 Å². The van der Waals surface area contributed by atoms with Crippen molar-refractivity contribution >= 4 is 24.1 Å². The quantitative estimate of drug-likeness (QED) is 0.427. The Hall–Kier alpha value is -2.72. The fourth-order valence-corrected chi connectivity index (χ4v) is 2.02. The van der Waals surface area contributed by atoms with Gasteiger partial charge in [0.05, 0.1) is 20.0 Å². The predicted octanol–water partition coefficient (Wildman–Crippen LogP) is 0.376. The number of hydrogen-bond acceptors (Lipinski definition) is 7. The summed E-state index contributed by atoms with van der Waals surface area (Å²) in [5.74, 6) is -1.56. The summed E-state index contributed by atoms with van der Waals surface area (Å²) in [6.45, 7) is 0.144. The highest BCUT2D eigenvalue weighted by atomic mass is 16.7. The molecule has 11 heteroatoms. The molecule has 1 heterocycles. The molecule has 0 radical (unpaired) electrons. The molecule has 0 spiro atoms.